The van der Waals surface area contributed by atoms with E-state index in [0.717, 1.165) is 0 Å². The molecule has 0 radical (unpaired) electrons. The number of nitro benzene ring substituents is 1. The second kappa shape index (κ2) is 7.25. The zero-order valence-corrected chi connectivity index (χ0v) is 16.1. The van der Waals surface area contributed by atoms with Crippen molar-refractivity contribution in [3.63, 3.8) is 0 Å². The topological polar surface area (TPSA) is 86.5 Å². The molecule has 132 valence electrons. The number of hydrogen-bond acceptors (Lipinski definition) is 5. The van der Waals surface area contributed by atoms with Crippen molar-refractivity contribution in [1.29, 1.82) is 0 Å². The monoisotopic (exact) mass is 351 g/mol. The Morgan fingerprint density at radius 3 is 2.08 bits per heavy atom. The average Bonchev–Trinajstić information content (AvgIpc) is 2.43. The minimum atomic E-state index is -2.24. The van der Waals surface area contributed by atoms with Gasteiger partial charge in [0, 0.05) is 25.5 Å². The van der Waals surface area contributed by atoms with Crippen molar-refractivity contribution in [3.8, 4) is 0 Å². The fourth-order valence-corrected chi connectivity index (χ4v) is 4.36. The van der Waals surface area contributed by atoms with E-state index < -0.39 is 24.7 Å². The maximum atomic E-state index is 12.8. The predicted octanol–water partition coefficient (Wildman–Crippen LogP) is 3.69. The predicted molar refractivity (Wildman–Crippen MR) is 94.6 cm³/mol. The summed E-state index contributed by atoms with van der Waals surface area (Å²) in [4.78, 5) is 34.5. The molecule has 1 aromatic rings. The van der Waals surface area contributed by atoms with Gasteiger partial charge in [-0.2, -0.15) is 0 Å². The van der Waals surface area contributed by atoms with E-state index in [-0.39, 0.29) is 22.9 Å². The normalized spacial score (nSPS) is 13.2. The van der Waals surface area contributed by atoms with Crippen LogP contribution in [0.25, 0.3) is 0 Å². The van der Waals surface area contributed by atoms with E-state index in [2.05, 4.69) is 20.8 Å². The number of esters is 1. The molecule has 7 heteroatoms. The highest BCUT2D eigenvalue weighted by Crippen LogP contribution is 2.39. The van der Waals surface area contributed by atoms with Crippen LogP contribution in [0.4, 0.5) is 5.69 Å². The minimum Gasteiger partial charge on any atom is -0.459 e. The third kappa shape index (κ3) is 4.74. The second-order valence-corrected chi connectivity index (χ2v) is 13.0. The first-order chi connectivity index (χ1) is 10.9. The Kier molecular flexibility index (Phi) is 6.05. The zero-order chi connectivity index (χ0) is 18.7. The summed E-state index contributed by atoms with van der Waals surface area (Å²) in [6.07, 6.45) is 0.0858. The van der Waals surface area contributed by atoms with Crippen LogP contribution in [-0.2, 0) is 20.7 Å². The lowest BCUT2D eigenvalue weighted by molar-refractivity contribution is -0.384. The molecule has 0 saturated heterocycles. The third-order valence-corrected chi connectivity index (χ3v) is 10.3. The molecule has 1 aromatic carbocycles. The van der Waals surface area contributed by atoms with E-state index in [4.69, 9.17) is 4.74 Å². The highest BCUT2D eigenvalue weighted by molar-refractivity contribution is 6.84. The molecular formula is C17H25NO5Si. The molecule has 1 atom stereocenters. The van der Waals surface area contributed by atoms with Gasteiger partial charge in [-0.05, 0) is 10.6 Å². The van der Waals surface area contributed by atoms with Crippen molar-refractivity contribution >= 4 is 25.5 Å². The van der Waals surface area contributed by atoms with Crippen LogP contribution in [0.1, 0.15) is 33.3 Å². The first-order valence-electron chi connectivity index (χ1n) is 7.79. The van der Waals surface area contributed by atoms with Gasteiger partial charge in [0.05, 0.1) is 4.92 Å². The SMILES string of the molecule is CC(=O)OC(C(=O)Cc1ccc([N+](=O)[O-])cc1)[Si](C)(C)C(C)(C)C. The maximum Gasteiger partial charge on any atom is 0.303 e. The molecule has 0 amide bonds. The highest BCUT2D eigenvalue weighted by Gasteiger charge is 2.47. The Morgan fingerprint density at radius 2 is 1.71 bits per heavy atom. The molecule has 0 aliphatic heterocycles. The van der Waals surface area contributed by atoms with Crippen LogP contribution in [0.5, 0.6) is 0 Å². The summed E-state index contributed by atoms with van der Waals surface area (Å²) in [7, 11) is -2.24. The van der Waals surface area contributed by atoms with Crippen LogP contribution in [0, 0.1) is 10.1 Å². The summed E-state index contributed by atoms with van der Waals surface area (Å²) in [5, 5.41) is 10.6. The summed E-state index contributed by atoms with van der Waals surface area (Å²) >= 11 is 0. The van der Waals surface area contributed by atoms with Gasteiger partial charge >= 0.3 is 5.97 Å². The van der Waals surface area contributed by atoms with Crippen LogP contribution in [-0.4, -0.2) is 30.5 Å². The van der Waals surface area contributed by atoms with Crippen LogP contribution in [0.15, 0.2) is 24.3 Å². The lowest BCUT2D eigenvalue weighted by atomic mass is 10.1. The maximum absolute atomic E-state index is 12.8. The highest BCUT2D eigenvalue weighted by atomic mass is 28.3. The zero-order valence-electron chi connectivity index (χ0n) is 15.1. The van der Waals surface area contributed by atoms with E-state index in [0.29, 0.717) is 5.56 Å². The van der Waals surface area contributed by atoms with Crippen LogP contribution >= 0.6 is 0 Å². The Bertz CT molecular complexity index is 631. The number of nitrogens with zero attached hydrogens (tertiary/aromatic N) is 1. The van der Waals surface area contributed by atoms with Gasteiger partial charge in [0.15, 0.2) is 5.78 Å². The van der Waals surface area contributed by atoms with E-state index in [9.17, 15) is 19.7 Å². The molecule has 0 N–H and O–H groups in total. The lowest BCUT2D eigenvalue weighted by Crippen LogP contribution is -2.55. The van der Waals surface area contributed by atoms with Gasteiger partial charge < -0.3 is 4.74 Å². The largest absolute Gasteiger partial charge is 0.459 e. The van der Waals surface area contributed by atoms with Crippen molar-refractivity contribution in [3.05, 3.63) is 39.9 Å². The van der Waals surface area contributed by atoms with Gasteiger partial charge in [-0.25, -0.2) is 0 Å². The summed E-state index contributed by atoms with van der Waals surface area (Å²) in [6, 6.07) is 5.87. The van der Waals surface area contributed by atoms with Gasteiger partial charge in [-0.3, -0.25) is 19.7 Å². The fourth-order valence-electron chi connectivity index (χ4n) is 2.20. The molecule has 0 aliphatic carbocycles. The Balaban J connectivity index is 3.04. The molecule has 0 aromatic heterocycles. The number of benzene rings is 1. The molecule has 0 bridgehead atoms. The van der Waals surface area contributed by atoms with Crippen molar-refractivity contribution in [2.24, 2.45) is 0 Å². The molecule has 0 fully saturated rings. The Morgan fingerprint density at radius 1 is 1.21 bits per heavy atom. The summed E-state index contributed by atoms with van der Waals surface area (Å²) in [5.74, 6) is -0.632. The number of carbonyl (C=O) groups excluding carboxylic acids is 2. The van der Waals surface area contributed by atoms with Gasteiger partial charge in [-0.1, -0.05) is 46.0 Å². The van der Waals surface area contributed by atoms with Gasteiger partial charge in [0.25, 0.3) is 5.69 Å². The van der Waals surface area contributed by atoms with Crippen molar-refractivity contribution in [1.82, 2.24) is 0 Å². The molecule has 24 heavy (non-hydrogen) atoms. The van der Waals surface area contributed by atoms with E-state index in [1.54, 1.807) is 12.1 Å². The Hall–Kier alpha value is -2.02. The smallest absolute Gasteiger partial charge is 0.303 e. The van der Waals surface area contributed by atoms with Crippen molar-refractivity contribution in [2.45, 2.75) is 58.0 Å². The number of carbonyl (C=O) groups is 2. The minimum absolute atomic E-state index is 0.0212. The molecule has 1 rings (SSSR count). The number of Topliss-reactive ketones (excluding diaryl/α,β-unsaturated/α-hetero) is 1. The molecule has 6 nitrogen and oxygen atoms in total. The molecule has 0 saturated carbocycles. The molecule has 0 aliphatic rings. The van der Waals surface area contributed by atoms with Gasteiger partial charge in [0.1, 0.15) is 13.8 Å². The molecule has 1 unspecified atom stereocenters. The van der Waals surface area contributed by atoms with Crippen molar-refractivity contribution < 1.29 is 19.2 Å². The first kappa shape index (κ1) is 20.0. The Labute approximate surface area is 143 Å². The quantitative estimate of drug-likeness (QED) is 0.338. The number of non-ortho nitro benzene ring substituents is 1. The second-order valence-electron chi connectivity index (χ2n) is 7.53. The molecule has 0 heterocycles. The van der Waals surface area contributed by atoms with Crippen LogP contribution in [0.2, 0.25) is 18.1 Å². The van der Waals surface area contributed by atoms with Gasteiger partial charge in [0.2, 0.25) is 0 Å². The van der Waals surface area contributed by atoms with Crippen LogP contribution in [0.3, 0.4) is 0 Å². The lowest BCUT2D eigenvalue weighted by Gasteiger charge is -2.41. The van der Waals surface area contributed by atoms with Gasteiger partial charge in [-0.15, -0.1) is 0 Å². The summed E-state index contributed by atoms with van der Waals surface area (Å²) < 4.78 is 5.40. The van der Waals surface area contributed by atoms with Crippen molar-refractivity contribution in [2.75, 3.05) is 0 Å². The number of hydrogen-bond donors (Lipinski definition) is 0. The standard InChI is InChI=1S/C17H25NO5Si/c1-12(19)23-16(24(5,6)17(2,3)4)15(20)11-13-7-9-14(10-8-13)18(21)22/h7-10,16H,11H2,1-6H3. The van der Waals surface area contributed by atoms with E-state index in [1.165, 1.54) is 19.1 Å². The number of rotatable bonds is 6. The number of ether oxygens (including phenoxy) is 1. The van der Waals surface area contributed by atoms with E-state index in [1.807, 2.05) is 13.1 Å². The first-order valence-corrected chi connectivity index (χ1v) is 10.9. The van der Waals surface area contributed by atoms with E-state index >= 15 is 0 Å². The third-order valence-electron chi connectivity index (χ3n) is 4.69. The molecular weight excluding hydrogens is 326 g/mol. The fraction of sp³-hybridized carbons (Fsp3) is 0.529. The van der Waals surface area contributed by atoms with Crippen LogP contribution < -0.4 is 0 Å². The summed E-state index contributed by atoms with van der Waals surface area (Å²) in [6.45, 7) is 11.5. The number of ketones is 1. The average molecular weight is 351 g/mol. The molecule has 0 spiro atoms. The number of nitro groups is 1. The summed E-state index contributed by atoms with van der Waals surface area (Å²) in [5.41, 5.74) is -0.0983.